The maximum absolute atomic E-state index is 14.7. The van der Waals surface area contributed by atoms with Gasteiger partial charge in [-0.1, -0.05) is 33.8 Å². The molecule has 6 rings (SSSR count). The lowest BCUT2D eigenvalue weighted by molar-refractivity contribution is -0.139. The number of amides is 4. The number of imidazole rings is 1. The molecule has 5 heterocycles. The van der Waals surface area contributed by atoms with Crippen molar-refractivity contribution in [3.05, 3.63) is 53.9 Å². The minimum Gasteiger partial charge on any atom is -0.453 e. The van der Waals surface area contributed by atoms with E-state index < -0.39 is 61.5 Å². The third-order valence-electron chi connectivity index (χ3n) is 10.3. The molecule has 3 aliphatic heterocycles. The van der Waals surface area contributed by atoms with E-state index in [1.807, 2.05) is 32.0 Å². The molecular weight excluding hydrogens is 716 g/mol. The van der Waals surface area contributed by atoms with Gasteiger partial charge >= 0.3 is 6.09 Å². The molecule has 1 aromatic carbocycles. The number of alkyl carbamates (subject to hydrolysis) is 1. The van der Waals surface area contributed by atoms with Gasteiger partial charge in [0.1, 0.15) is 24.5 Å². The number of aliphatic hydroxyl groups is 1. The Balaban J connectivity index is 1.10. The first-order valence-electron chi connectivity index (χ1n) is 18.5. The van der Waals surface area contributed by atoms with E-state index in [1.165, 1.54) is 7.11 Å². The Kier molecular flexibility index (Phi) is 11.6. The number of carbonyl (C=O) groups excluding carboxylic acids is 4. The zero-order chi connectivity index (χ0) is 39.6. The molecule has 0 spiro atoms. The fraction of sp³-hybridized carbons (Fsp3) is 0.526. The molecule has 0 radical (unpaired) electrons. The molecule has 2 fully saturated rings. The fourth-order valence-electron chi connectivity index (χ4n) is 7.43. The topological polar surface area (TPSA) is 195 Å². The van der Waals surface area contributed by atoms with Crippen LogP contribution in [0.5, 0.6) is 0 Å². The van der Waals surface area contributed by atoms with Crippen LogP contribution in [0.2, 0.25) is 0 Å². The molecule has 2 aromatic heterocycles. The SMILES string of the molecule is COC(=O)NC(C(=O)N1CCCC1c1nc2ccc(-c3cnc(CC4=CN=C(C5CC(F)(F)CN5C(=O)C(NC(=O)CO)C(C)C)C4)cn3)cc2[nH]1)C(C)C. The molecule has 3 aliphatic rings. The van der Waals surface area contributed by atoms with Gasteiger partial charge in [0, 0.05) is 49.5 Å². The van der Waals surface area contributed by atoms with Crippen LogP contribution in [0.25, 0.3) is 22.3 Å². The van der Waals surface area contributed by atoms with Gasteiger partial charge in [-0.2, -0.15) is 0 Å². The standard InChI is InChI=1S/C38H47F2N9O6/c1-20(2)32(46-31(51)18-50)36(53)49-19-38(39,40)14-30(49)27-12-22(15-42-27)11-24-16-43-28(17-41-24)23-8-9-25-26(13-23)45-34(44-25)29-7-6-10-48(29)35(52)33(21(3)4)47-37(54)55-5/h8-9,13,15-17,20-21,29-30,32-33,50H,6-7,10-12,14,18-19H2,1-5H3,(H,44,45)(H,46,51)(H,47,54). The molecule has 4 N–H and O–H groups in total. The van der Waals surface area contributed by atoms with Crippen LogP contribution in [0, 0.1) is 11.8 Å². The van der Waals surface area contributed by atoms with Crippen LogP contribution in [-0.4, -0.2) is 115 Å². The first kappa shape index (κ1) is 39.4. The number of halogens is 2. The van der Waals surface area contributed by atoms with Crippen molar-refractivity contribution < 1.29 is 37.8 Å². The summed E-state index contributed by atoms with van der Waals surface area (Å²) in [5.41, 5.74) is 4.86. The lowest BCUT2D eigenvalue weighted by Crippen LogP contribution is -2.54. The minimum atomic E-state index is -3.12. The number of aliphatic hydroxyl groups excluding tert-OH is 1. The van der Waals surface area contributed by atoms with Gasteiger partial charge in [-0.15, -0.1) is 0 Å². The normalized spacial score (nSPS) is 20.5. The van der Waals surface area contributed by atoms with Crippen molar-refractivity contribution in [1.29, 1.82) is 0 Å². The Morgan fingerprint density at radius 2 is 1.75 bits per heavy atom. The van der Waals surface area contributed by atoms with Gasteiger partial charge in [0.25, 0.3) is 5.92 Å². The highest BCUT2D eigenvalue weighted by atomic mass is 19.3. The van der Waals surface area contributed by atoms with Gasteiger partial charge in [-0.25, -0.2) is 18.6 Å². The summed E-state index contributed by atoms with van der Waals surface area (Å²) >= 11 is 0. The molecule has 0 bridgehead atoms. The number of methoxy groups -OCH3 is 1. The fourth-order valence-corrected chi connectivity index (χ4v) is 7.43. The average molecular weight is 764 g/mol. The number of aromatic amines is 1. The quantitative estimate of drug-likeness (QED) is 0.213. The van der Waals surface area contributed by atoms with E-state index in [2.05, 4.69) is 30.6 Å². The molecular formula is C38H47F2N9O6. The number of fused-ring (bicyclic) bond motifs is 1. The molecule has 0 saturated carbocycles. The summed E-state index contributed by atoms with van der Waals surface area (Å²) in [5, 5.41) is 14.3. The molecule has 55 heavy (non-hydrogen) atoms. The van der Waals surface area contributed by atoms with Crippen molar-refractivity contribution in [2.24, 2.45) is 16.8 Å². The number of likely N-dealkylation sites (tertiary alicyclic amines) is 2. The van der Waals surface area contributed by atoms with Crippen LogP contribution in [0.15, 0.2) is 47.4 Å². The van der Waals surface area contributed by atoms with E-state index in [1.54, 1.807) is 37.3 Å². The first-order valence-corrected chi connectivity index (χ1v) is 18.5. The Morgan fingerprint density at radius 1 is 1.02 bits per heavy atom. The molecule has 294 valence electrons. The highest BCUT2D eigenvalue weighted by Crippen LogP contribution is 2.37. The van der Waals surface area contributed by atoms with Crippen LogP contribution in [0.3, 0.4) is 0 Å². The first-order chi connectivity index (χ1) is 26.2. The van der Waals surface area contributed by atoms with E-state index in [9.17, 15) is 28.0 Å². The molecule has 4 atom stereocenters. The number of carbonyl (C=O) groups is 4. The average Bonchev–Trinajstić information content (AvgIpc) is 3.97. The Labute approximate surface area is 317 Å². The number of rotatable bonds is 12. The van der Waals surface area contributed by atoms with Crippen molar-refractivity contribution in [3.63, 3.8) is 0 Å². The number of aliphatic imine (C=N–C) groups is 1. The van der Waals surface area contributed by atoms with Crippen LogP contribution < -0.4 is 10.6 Å². The number of aromatic nitrogens is 4. The third kappa shape index (κ3) is 8.66. The van der Waals surface area contributed by atoms with Crippen molar-refractivity contribution in [2.75, 3.05) is 26.8 Å². The monoisotopic (exact) mass is 763 g/mol. The Hall–Kier alpha value is -5.32. The molecule has 15 nitrogen and oxygen atoms in total. The molecule has 3 aromatic rings. The maximum Gasteiger partial charge on any atom is 0.407 e. The summed E-state index contributed by atoms with van der Waals surface area (Å²) in [6.07, 6.45) is 5.90. The van der Waals surface area contributed by atoms with Crippen molar-refractivity contribution in [3.8, 4) is 11.3 Å². The minimum absolute atomic E-state index is 0.144. The maximum atomic E-state index is 14.7. The van der Waals surface area contributed by atoms with Crippen molar-refractivity contribution >= 4 is 40.6 Å². The summed E-state index contributed by atoms with van der Waals surface area (Å²) in [4.78, 5) is 75.6. The van der Waals surface area contributed by atoms with Gasteiger partial charge in [-0.3, -0.25) is 29.3 Å². The summed E-state index contributed by atoms with van der Waals surface area (Å²) in [6.45, 7) is 6.08. The van der Waals surface area contributed by atoms with Crippen molar-refractivity contribution in [1.82, 2.24) is 40.4 Å². The summed E-state index contributed by atoms with van der Waals surface area (Å²) in [7, 11) is 1.26. The van der Waals surface area contributed by atoms with Crippen molar-refractivity contribution in [2.45, 2.75) is 89.9 Å². The summed E-state index contributed by atoms with van der Waals surface area (Å²) in [6, 6.07) is 2.69. The van der Waals surface area contributed by atoms with Gasteiger partial charge in [0.05, 0.1) is 54.4 Å². The Morgan fingerprint density at radius 3 is 2.42 bits per heavy atom. The lowest BCUT2D eigenvalue weighted by atomic mass is 9.98. The van der Waals surface area contributed by atoms with E-state index in [4.69, 9.17) is 14.8 Å². The molecule has 0 aliphatic carbocycles. The van der Waals surface area contributed by atoms with Gasteiger partial charge < -0.3 is 35.3 Å². The Bertz CT molecular complexity index is 2000. The van der Waals surface area contributed by atoms with Crippen LogP contribution in [0.4, 0.5) is 13.6 Å². The van der Waals surface area contributed by atoms with Crippen LogP contribution in [-0.2, 0) is 25.5 Å². The number of benzene rings is 1. The zero-order valence-electron chi connectivity index (χ0n) is 31.5. The van der Waals surface area contributed by atoms with Gasteiger partial charge in [0.15, 0.2) is 0 Å². The predicted molar refractivity (Wildman–Crippen MR) is 198 cm³/mol. The summed E-state index contributed by atoms with van der Waals surface area (Å²) < 4.78 is 34.2. The van der Waals surface area contributed by atoms with Gasteiger partial charge in [-0.05, 0) is 42.4 Å². The number of hydrogen-bond donors (Lipinski definition) is 4. The second-order valence-corrected chi connectivity index (χ2v) is 15.0. The molecule has 2 saturated heterocycles. The number of H-pyrrole nitrogens is 1. The van der Waals surface area contributed by atoms with Crippen LogP contribution >= 0.6 is 0 Å². The molecule has 4 unspecified atom stereocenters. The highest BCUT2D eigenvalue weighted by Gasteiger charge is 2.50. The largest absolute Gasteiger partial charge is 0.453 e. The van der Waals surface area contributed by atoms with Crippen LogP contribution in [0.1, 0.15) is 70.9 Å². The molecule has 4 amide bonds. The van der Waals surface area contributed by atoms with E-state index in [-0.39, 0.29) is 30.2 Å². The second-order valence-electron chi connectivity index (χ2n) is 15.0. The smallest absolute Gasteiger partial charge is 0.407 e. The number of ether oxygens (including phenoxy) is 1. The zero-order valence-corrected chi connectivity index (χ0v) is 31.5. The van der Waals surface area contributed by atoms with E-state index in [0.717, 1.165) is 39.9 Å². The number of nitrogens with one attached hydrogen (secondary N) is 3. The lowest BCUT2D eigenvalue weighted by Gasteiger charge is -2.30. The highest BCUT2D eigenvalue weighted by molar-refractivity contribution is 5.98. The molecule has 17 heteroatoms. The van der Waals surface area contributed by atoms with E-state index >= 15 is 0 Å². The number of hydrogen-bond acceptors (Lipinski definition) is 10. The number of nitrogens with zero attached hydrogens (tertiary/aromatic N) is 6. The van der Waals surface area contributed by atoms with E-state index in [0.29, 0.717) is 35.9 Å². The third-order valence-corrected chi connectivity index (χ3v) is 10.3. The number of alkyl halides is 2. The van der Waals surface area contributed by atoms with Gasteiger partial charge in [0.2, 0.25) is 17.7 Å². The second kappa shape index (κ2) is 16.2. The summed E-state index contributed by atoms with van der Waals surface area (Å²) in [5.74, 6) is -4.57. The predicted octanol–water partition coefficient (Wildman–Crippen LogP) is 3.70. The number of allylic oxidation sites excluding steroid dienone is 1.